The Morgan fingerprint density at radius 2 is 1.02 bits per heavy atom. The molecule has 2 aromatic heterocycles. The van der Waals surface area contributed by atoms with E-state index in [1.807, 2.05) is 48.5 Å². The van der Waals surface area contributed by atoms with Gasteiger partial charge in [0.2, 0.25) is 11.8 Å². The van der Waals surface area contributed by atoms with Gasteiger partial charge in [-0.15, -0.1) is 0 Å². The first kappa shape index (κ1) is 28.2. The minimum absolute atomic E-state index is 0.545. The van der Waals surface area contributed by atoms with Gasteiger partial charge in [0.15, 0.2) is 11.2 Å². The van der Waals surface area contributed by atoms with Crippen LogP contribution < -0.4 is 4.74 Å². The molecule has 11 rings (SSSR count). The molecule has 9 aromatic rings. The van der Waals surface area contributed by atoms with Crippen LogP contribution in [0.1, 0.15) is 27.8 Å². The van der Waals surface area contributed by atoms with Crippen molar-refractivity contribution in [1.82, 2.24) is 9.97 Å². The summed E-state index contributed by atoms with van der Waals surface area (Å²) in [7, 11) is 0. The number of ether oxygens (including phenoxy) is 1. The third-order valence-corrected chi connectivity index (χ3v) is 10.4. The second-order valence-electron chi connectivity index (χ2n) is 13.4. The molecule has 7 aromatic carbocycles. The molecule has 240 valence electrons. The summed E-state index contributed by atoms with van der Waals surface area (Å²) in [6.45, 7) is 2.06. The summed E-state index contributed by atoms with van der Waals surface area (Å²) < 4.78 is 19.2. The van der Waals surface area contributed by atoms with Crippen molar-refractivity contribution in [2.24, 2.45) is 0 Å². The van der Waals surface area contributed by atoms with Gasteiger partial charge >= 0.3 is 0 Å². The lowest BCUT2D eigenvalue weighted by Gasteiger charge is -2.39. The quantitative estimate of drug-likeness (QED) is 0.189. The van der Waals surface area contributed by atoms with Crippen molar-refractivity contribution >= 4 is 22.2 Å². The minimum Gasteiger partial charge on any atom is -0.457 e. The molecular weight excluding hydrogens is 629 g/mol. The first-order valence-electron chi connectivity index (χ1n) is 17.1. The third-order valence-electron chi connectivity index (χ3n) is 10.4. The molecule has 1 spiro atoms. The molecule has 1 aliphatic heterocycles. The molecule has 5 heteroatoms. The number of fused-ring (bicyclic) bond motifs is 11. The van der Waals surface area contributed by atoms with Gasteiger partial charge < -0.3 is 13.6 Å². The smallest absolute Gasteiger partial charge is 0.227 e. The zero-order valence-corrected chi connectivity index (χ0v) is 27.6. The number of benzene rings is 7. The standard InChI is InChI=1S/C46H28N2O3/c1-27-18-21-43-39(22-27)48-45(51-43)31-24-29(23-30(25-31)44-47-38-14-6-9-17-42(38)50-44)28-19-20-33-32-10-2-3-11-34(32)46(37(33)26-28)35-12-4-7-15-40(35)49-41-16-8-5-13-36(41)46/h2-26H,1H3. The van der Waals surface area contributed by atoms with Gasteiger partial charge in [0.25, 0.3) is 0 Å². The molecule has 0 amide bonds. The fourth-order valence-electron chi connectivity index (χ4n) is 8.23. The molecule has 1 aliphatic carbocycles. The monoisotopic (exact) mass is 656 g/mol. The Kier molecular flexibility index (Phi) is 5.74. The molecule has 0 fully saturated rings. The van der Waals surface area contributed by atoms with E-state index in [9.17, 15) is 0 Å². The number of oxazole rings is 2. The summed E-state index contributed by atoms with van der Waals surface area (Å²) in [6.07, 6.45) is 0. The molecule has 0 radical (unpaired) electrons. The van der Waals surface area contributed by atoms with Crippen molar-refractivity contribution in [1.29, 1.82) is 0 Å². The molecule has 0 unspecified atom stereocenters. The highest BCUT2D eigenvalue weighted by molar-refractivity contribution is 5.91. The van der Waals surface area contributed by atoms with Gasteiger partial charge in [-0.2, -0.15) is 0 Å². The maximum Gasteiger partial charge on any atom is 0.227 e. The Morgan fingerprint density at radius 1 is 0.431 bits per heavy atom. The largest absolute Gasteiger partial charge is 0.457 e. The number of hydrogen-bond acceptors (Lipinski definition) is 5. The summed E-state index contributed by atoms with van der Waals surface area (Å²) >= 11 is 0. The van der Waals surface area contributed by atoms with Crippen molar-refractivity contribution in [2.75, 3.05) is 0 Å². The van der Waals surface area contributed by atoms with Gasteiger partial charge in [-0.25, -0.2) is 9.97 Å². The van der Waals surface area contributed by atoms with Crippen molar-refractivity contribution in [3.05, 3.63) is 179 Å². The van der Waals surface area contributed by atoms with Crippen LogP contribution in [0.5, 0.6) is 11.5 Å². The fourth-order valence-corrected chi connectivity index (χ4v) is 8.23. The SMILES string of the molecule is Cc1ccc2oc(-c3cc(-c4ccc5c(c4)C4(c6ccccc6Oc6ccccc64)c4ccccc4-5)cc(-c4nc5ccccc5o4)c3)nc2c1. The van der Waals surface area contributed by atoms with Crippen LogP contribution in [0.15, 0.2) is 160 Å². The van der Waals surface area contributed by atoms with E-state index >= 15 is 0 Å². The first-order chi connectivity index (χ1) is 25.1. The lowest BCUT2D eigenvalue weighted by Crippen LogP contribution is -2.32. The molecule has 0 saturated carbocycles. The second-order valence-corrected chi connectivity index (χ2v) is 13.4. The normalized spacial score (nSPS) is 13.5. The van der Waals surface area contributed by atoms with Gasteiger partial charge in [-0.3, -0.25) is 0 Å². The summed E-state index contributed by atoms with van der Waals surface area (Å²) in [5.74, 6) is 2.84. The van der Waals surface area contributed by atoms with E-state index < -0.39 is 5.41 Å². The number of aromatic nitrogens is 2. The molecular formula is C46H28N2O3. The fraction of sp³-hybridized carbons (Fsp3) is 0.0435. The summed E-state index contributed by atoms with van der Waals surface area (Å²) in [5.41, 5.74) is 14.6. The Balaban J connectivity index is 1.17. The second kappa shape index (κ2) is 10.4. The van der Waals surface area contributed by atoms with Crippen LogP contribution in [0.3, 0.4) is 0 Å². The van der Waals surface area contributed by atoms with E-state index in [-0.39, 0.29) is 0 Å². The van der Waals surface area contributed by atoms with Gasteiger partial charge in [0, 0.05) is 22.3 Å². The summed E-state index contributed by atoms with van der Waals surface area (Å²) in [4.78, 5) is 9.81. The number of nitrogens with zero attached hydrogens (tertiary/aromatic N) is 2. The van der Waals surface area contributed by atoms with E-state index in [1.165, 1.54) is 22.3 Å². The van der Waals surface area contributed by atoms with E-state index in [2.05, 4.69) is 110 Å². The van der Waals surface area contributed by atoms with Gasteiger partial charge in [-0.05, 0) is 107 Å². The van der Waals surface area contributed by atoms with E-state index in [0.717, 1.165) is 72.6 Å². The molecule has 5 nitrogen and oxygen atoms in total. The van der Waals surface area contributed by atoms with Crippen LogP contribution >= 0.6 is 0 Å². The average molecular weight is 657 g/mol. The van der Waals surface area contributed by atoms with Gasteiger partial charge in [0.05, 0.1) is 5.41 Å². The highest BCUT2D eigenvalue weighted by Crippen LogP contribution is 2.62. The van der Waals surface area contributed by atoms with Gasteiger partial charge in [0.1, 0.15) is 22.5 Å². The van der Waals surface area contributed by atoms with Crippen molar-refractivity contribution in [2.45, 2.75) is 12.3 Å². The summed E-state index contributed by atoms with van der Waals surface area (Å²) in [5, 5.41) is 0. The maximum atomic E-state index is 6.56. The molecule has 2 aliphatic rings. The zero-order chi connectivity index (χ0) is 33.7. The third kappa shape index (κ3) is 4.03. The molecule has 0 saturated heterocycles. The molecule has 0 N–H and O–H groups in total. The average Bonchev–Trinajstić information content (AvgIpc) is 3.88. The minimum atomic E-state index is -0.563. The van der Waals surface area contributed by atoms with Crippen LogP contribution in [0.4, 0.5) is 0 Å². The highest BCUT2D eigenvalue weighted by atomic mass is 16.5. The van der Waals surface area contributed by atoms with Crippen LogP contribution in [0, 0.1) is 6.92 Å². The number of para-hydroxylation sites is 4. The van der Waals surface area contributed by atoms with Crippen LogP contribution in [0.2, 0.25) is 0 Å². The molecule has 0 bridgehead atoms. The summed E-state index contributed by atoms with van der Waals surface area (Å²) in [6, 6.07) is 52.8. The predicted molar refractivity (Wildman–Crippen MR) is 200 cm³/mol. The highest BCUT2D eigenvalue weighted by Gasteiger charge is 2.51. The Hall–Kier alpha value is -6.72. The van der Waals surface area contributed by atoms with Crippen LogP contribution in [-0.2, 0) is 5.41 Å². The molecule has 0 atom stereocenters. The number of hydrogen-bond donors (Lipinski definition) is 0. The lowest BCUT2D eigenvalue weighted by molar-refractivity contribution is 0.436. The van der Waals surface area contributed by atoms with E-state index in [1.54, 1.807) is 0 Å². The van der Waals surface area contributed by atoms with Crippen LogP contribution in [-0.4, -0.2) is 9.97 Å². The predicted octanol–water partition coefficient (Wildman–Crippen LogP) is 11.7. The lowest BCUT2D eigenvalue weighted by atomic mass is 9.66. The zero-order valence-electron chi connectivity index (χ0n) is 27.6. The molecule has 3 heterocycles. The van der Waals surface area contributed by atoms with Gasteiger partial charge in [-0.1, -0.05) is 91.0 Å². The van der Waals surface area contributed by atoms with Crippen molar-refractivity contribution in [3.63, 3.8) is 0 Å². The first-order valence-corrected chi connectivity index (χ1v) is 17.1. The molecule has 51 heavy (non-hydrogen) atoms. The Morgan fingerprint density at radius 3 is 1.76 bits per heavy atom. The maximum absolute atomic E-state index is 6.56. The number of rotatable bonds is 3. The Labute approximate surface area is 293 Å². The Bertz CT molecular complexity index is 2800. The number of aryl methyl sites for hydroxylation is 1. The topological polar surface area (TPSA) is 61.3 Å². The van der Waals surface area contributed by atoms with Crippen LogP contribution in [0.25, 0.3) is 67.4 Å². The van der Waals surface area contributed by atoms with E-state index in [0.29, 0.717) is 11.8 Å². The van der Waals surface area contributed by atoms with E-state index in [4.69, 9.17) is 23.5 Å². The van der Waals surface area contributed by atoms with Crippen molar-refractivity contribution in [3.8, 4) is 56.7 Å². The van der Waals surface area contributed by atoms with Crippen molar-refractivity contribution < 1.29 is 13.6 Å².